The molecule has 1 atom stereocenters. The Bertz CT molecular complexity index is 764. The first kappa shape index (κ1) is 19.1. The zero-order valence-corrected chi connectivity index (χ0v) is 16.2. The van der Waals surface area contributed by atoms with Gasteiger partial charge < -0.3 is 15.5 Å². The average molecular weight is 367 g/mol. The Kier molecular flexibility index (Phi) is 6.63. The van der Waals surface area contributed by atoms with Gasteiger partial charge in [0.15, 0.2) is 0 Å². The molecule has 0 radical (unpaired) electrons. The van der Waals surface area contributed by atoms with Crippen molar-refractivity contribution in [1.82, 2.24) is 9.97 Å². The molecule has 1 fully saturated rings. The van der Waals surface area contributed by atoms with Crippen LogP contribution >= 0.6 is 0 Å². The number of aryl methyl sites for hydroxylation is 1. The smallest absolute Gasteiger partial charge is 0.224 e. The van der Waals surface area contributed by atoms with Crippen LogP contribution in [0.25, 0.3) is 0 Å². The molecule has 2 heterocycles. The van der Waals surface area contributed by atoms with Crippen molar-refractivity contribution in [2.75, 3.05) is 35.2 Å². The summed E-state index contributed by atoms with van der Waals surface area (Å²) in [5.74, 6) is 2.44. The molecular weight excluding hydrogens is 338 g/mol. The number of carbonyl (C=O) groups is 1. The third kappa shape index (κ3) is 5.67. The fourth-order valence-electron chi connectivity index (χ4n) is 3.59. The van der Waals surface area contributed by atoms with E-state index in [9.17, 15) is 4.79 Å². The van der Waals surface area contributed by atoms with Crippen LogP contribution in [0, 0.1) is 12.8 Å². The van der Waals surface area contributed by atoms with Crippen molar-refractivity contribution in [3.8, 4) is 0 Å². The highest BCUT2D eigenvalue weighted by Crippen LogP contribution is 2.25. The van der Waals surface area contributed by atoms with Crippen molar-refractivity contribution in [2.45, 2.75) is 39.5 Å². The molecule has 0 bridgehead atoms. The maximum absolute atomic E-state index is 12.3. The molecule has 27 heavy (non-hydrogen) atoms. The molecule has 6 nitrogen and oxygen atoms in total. The Morgan fingerprint density at radius 2 is 2.19 bits per heavy atom. The van der Waals surface area contributed by atoms with E-state index in [1.165, 1.54) is 6.42 Å². The molecule has 0 aliphatic carbocycles. The summed E-state index contributed by atoms with van der Waals surface area (Å²) in [5.41, 5.74) is 2.03. The Morgan fingerprint density at radius 3 is 3.00 bits per heavy atom. The van der Waals surface area contributed by atoms with Gasteiger partial charge in [0.1, 0.15) is 18.0 Å². The van der Waals surface area contributed by atoms with Gasteiger partial charge in [0, 0.05) is 37.8 Å². The van der Waals surface area contributed by atoms with Gasteiger partial charge in [-0.2, -0.15) is 0 Å². The number of nitrogens with zero attached hydrogens (tertiary/aromatic N) is 3. The monoisotopic (exact) mass is 367 g/mol. The number of hydrogen-bond acceptors (Lipinski definition) is 5. The van der Waals surface area contributed by atoms with Crippen molar-refractivity contribution < 1.29 is 4.79 Å². The van der Waals surface area contributed by atoms with Crippen LogP contribution in [0.3, 0.4) is 0 Å². The lowest BCUT2D eigenvalue weighted by atomic mass is 9.93. The quantitative estimate of drug-likeness (QED) is 0.778. The van der Waals surface area contributed by atoms with Crippen molar-refractivity contribution in [1.29, 1.82) is 0 Å². The van der Waals surface area contributed by atoms with Crippen molar-refractivity contribution in [2.24, 2.45) is 5.92 Å². The van der Waals surface area contributed by atoms with E-state index in [0.717, 1.165) is 55.4 Å². The largest absolute Gasteiger partial charge is 0.370 e. The molecule has 2 N–H and O–H groups in total. The number of benzene rings is 1. The van der Waals surface area contributed by atoms with E-state index in [-0.39, 0.29) is 5.91 Å². The van der Waals surface area contributed by atoms with E-state index < -0.39 is 0 Å². The van der Waals surface area contributed by atoms with Crippen LogP contribution < -0.4 is 15.5 Å². The predicted octanol–water partition coefficient (Wildman–Crippen LogP) is 3.85. The number of hydrogen-bond donors (Lipinski definition) is 2. The Labute approximate surface area is 161 Å². The summed E-state index contributed by atoms with van der Waals surface area (Å²) in [7, 11) is 0. The number of nitrogens with one attached hydrogen (secondary N) is 2. The van der Waals surface area contributed by atoms with E-state index in [1.54, 1.807) is 6.33 Å². The maximum atomic E-state index is 12.3. The molecule has 1 aromatic heterocycles. The molecule has 1 aliphatic rings. The van der Waals surface area contributed by atoms with Crippen LogP contribution in [0.4, 0.5) is 17.3 Å². The molecule has 1 saturated heterocycles. The van der Waals surface area contributed by atoms with Crippen molar-refractivity contribution >= 4 is 23.2 Å². The van der Waals surface area contributed by atoms with Crippen LogP contribution in [0.15, 0.2) is 36.7 Å². The summed E-state index contributed by atoms with van der Waals surface area (Å²) in [6, 6.07) is 9.94. The molecule has 2 aromatic rings. The molecule has 1 aromatic carbocycles. The Morgan fingerprint density at radius 1 is 1.30 bits per heavy atom. The highest BCUT2D eigenvalue weighted by Gasteiger charge is 2.22. The molecule has 0 spiro atoms. The Balaban J connectivity index is 1.51. The summed E-state index contributed by atoms with van der Waals surface area (Å²) in [6.45, 7) is 6.88. The van der Waals surface area contributed by atoms with Gasteiger partial charge in [-0.3, -0.25) is 4.79 Å². The summed E-state index contributed by atoms with van der Waals surface area (Å²) < 4.78 is 0. The first-order chi connectivity index (χ1) is 13.1. The lowest BCUT2D eigenvalue weighted by Gasteiger charge is -2.33. The highest BCUT2D eigenvalue weighted by molar-refractivity contribution is 5.90. The number of rotatable bonds is 7. The van der Waals surface area contributed by atoms with Gasteiger partial charge in [-0.05, 0) is 56.7 Å². The topological polar surface area (TPSA) is 70.2 Å². The zero-order valence-electron chi connectivity index (χ0n) is 16.2. The standard InChI is InChI=1S/C21H29N5O/c1-3-22-19-13-20(24-15-23-19)26-11-5-7-17(14-26)9-10-21(27)25-18-8-4-6-16(2)12-18/h4,6,8,12-13,15,17H,3,5,7,9-11,14H2,1-2H3,(H,25,27)(H,22,23,24). The number of amides is 1. The second-order valence-electron chi connectivity index (χ2n) is 7.20. The fourth-order valence-corrected chi connectivity index (χ4v) is 3.59. The zero-order chi connectivity index (χ0) is 19.1. The molecular formula is C21H29N5O. The van der Waals surface area contributed by atoms with Gasteiger partial charge in [0.25, 0.3) is 0 Å². The number of carbonyl (C=O) groups excluding carboxylic acids is 1. The lowest BCUT2D eigenvalue weighted by molar-refractivity contribution is -0.116. The van der Waals surface area contributed by atoms with Crippen molar-refractivity contribution in [3.05, 3.63) is 42.2 Å². The molecule has 1 aliphatic heterocycles. The molecule has 144 valence electrons. The fraction of sp³-hybridized carbons (Fsp3) is 0.476. The summed E-state index contributed by atoms with van der Waals surface area (Å²) in [4.78, 5) is 23.3. The minimum Gasteiger partial charge on any atom is -0.370 e. The number of aromatic nitrogens is 2. The van der Waals surface area contributed by atoms with Gasteiger partial charge >= 0.3 is 0 Å². The number of anilines is 3. The third-order valence-electron chi connectivity index (χ3n) is 4.94. The van der Waals surface area contributed by atoms with E-state index in [2.05, 4.69) is 32.4 Å². The van der Waals surface area contributed by atoms with E-state index in [4.69, 9.17) is 0 Å². The van der Waals surface area contributed by atoms with Crippen LogP contribution in [0.1, 0.15) is 38.2 Å². The van der Waals surface area contributed by atoms with Gasteiger partial charge in [-0.15, -0.1) is 0 Å². The first-order valence-corrected chi connectivity index (χ1v) is 9.81. The predicted molar refractivity (Wildman–Crippen MR) is 110 cm³/mol. The molecule has 3 rings (SSSR count). The first-order valence-electron chi connectivity index (χ1n) is 9.81. The van der Waals surface area contributed by atoms with Crippen LogP contribution in [-0.4, -0.2) is 35.5 Å². The molecule has 0 saturated carbocycles. The second-order valence-corrected chi connectivity index (χ2v) is 7.20. The highest BCUT2D eigenvalue weighted by atomic mass is 16.1. The number of piperidine rings is 1. The minimum absolute atomic E-state index is 0.0918. The van der Waals surface area contributed by atoms with Crippen molar-refractivity contribution in [3.63, 3.8) is 0 Å². The SMILES string of the molecule is CCNc1cc(N2CCCC(CCC(=O)Nc3cccc(C)c3)C2)ncn1. The van der Waals surface area contributed by atoms with E-state index in [1.807, 2.05) is 37.3 Å². The van der Waals surface area contributed by atoms with Gasteiger partial charge in [-0.1, -0.05) is 12.1 Å². The normalized spacial score (nSPS) is 16.8. The molecule has 1 amide bonds. The lowest BCUT2D eigenvalue weighted by Crippen LogP contribution is -2.36. The summed E-state index contributed by atoms with van der Waals surface area (Å²) in [5, 5.41) is 6.24. The minimum atomic E-state index is 0.0918. The van der Waals surface area contributed by atoms with E-state index >= 15 is 0 Å². The third-order valence-corrected chi connectivity index (χ3v) is 4.94. The average Bonchev–Trinajstić information content (AvgIpc) is 2.67. The molecule has 6 heteroatoms. The summed E-state index contributed by atoms with van der Waals surface area (Å²) >= 11 is 0. The summed E-state index contributed by atoms with van der Waals surface area (Å²) in [6.07, 6.45) is 5.37. The van der Waals surface area contributed by atoms with Crippen LogP contribution in [0.2, 0.25) is 0 Å². The van der Waals surface area contributed by atoms with Gasteiger partial charge in [-0.25, -0.2) is 9.97 Å². The van der Waals surface area contributed by atoms with Crippen LogP contribution in [-0.2, 0) is 4.79 Å². The van der Waals surface area contributed by atoms with E-state index in [0.29, 0.717) is 12.3 Å². The Hall–Kier alpha value is -2.63. The van der Waals surface area contributed by atoms with Gasteiger partial charge in [0.2, 0.25) is 5.91 Å². The van der Waals surface area contributed by atoms with Crippen LogP contribution in [0.5, 0.6) is 0 Å². The molecule has 1 unspecified atom stereocenters. The van der Waals surface area contributed by atoms with Gasteiger partial charge in [0.05, 0.1) is 0 Å². The maximum Gasteiger partial charge on any atom is 0.224 e. The second kappa shape index (κ2) is 9.35.